The summed E-state index contributed by atoms with van der Waals surface area (Å²) in [6.45, 7) is 0. The molecule has 0 amide bonds. The lowest BCUT2D eigenvalue weighted by molar-refractivity contribution is -0.271. The van der Waals surface area contributed by atoms with Gasteiger partial charge in [-0.15, -0.1) is 0 Å². The second-order valence-corrected chi connectivity index (χ2v) is 5.19. The third-order valence-corrected chi connectivity index (χ3v) is 3.57. The molecular formula is C9H6F5O2S. The molecule has 0 atom stereocenters. The van der Waals surface area contributed by atoms with E-state index in [0.29, 0.717) is 0 Å². The van der Waals surface area contributed by atoms with Gasteiger partial charge in [0.15, 0.2) is 9.84 Å². The SMILES string of the molecule is O=S(=O)(CC(F)(F)C(F)(F)F)c1cc[c]cc1. The summed E-state index contributed by atoms with van der Waals surface area (Å²) in [5, 5.41) is 0. The highest BCUT2D eigenvalue weighted by Gasteiger charge is 2.59. The first-order chi connectivity index (χ1) is 7.56. The van der Waals surface area contributed by atoms with Crippen molar-refractivity contribution < 1.29 is 30.4 Å². The lowest BCUT2D eigenvalue weighted by Crippen LogP contribution is -2.42. The fourth-order valence-corrected chi connectivity index (χ4v) is 2.34. The van der Waals surface area contributed by atoms with Crippen LogP contribution in [0.3, 0.4) is 0 Å². The minimum Gasteiger partial charge on any atom is -0.223 e. The van der Waals surface area contributed by atoms with Gasteiger partial charge in [-0.05, 0) is 18.2 Å². The molecule has 8 heteroatoms. The van der Waals surface area contributed by atoms with Crippen LogP contribution in [0.4, 0.5) is 22.0 Å². The number of benzene rings is 1. The van der Waals surface area contributed by atoms with Crippen LogP contribution in [0.5, 0.6) is 0 Å². The largest absolute Gasteiger partial charge is 0.454 e. The molecule has 1 aromatic carbocycles. The number of hydrogen-bond donors (Lipinski definition) is 0. The lowest BCUT2D eigenvalue weighted by Gasteiger charge is -2.19. The third-order valence-electron chi connectivity index (χ3n) is 1.83. The van der Waals surface area contributed by atoms with Crippen LogP contribution in [0.15, 0.2) is 29.2 Å². The first-order valence-electron chi connectivity index (χ1n) is 4.20. The monoisotopic (exact) mass is 273 g/mol. The molecule has 0 saturated carbocycles. The quantitative estimate of drug-likeness (QED) is 0.793. The normalized spacial score (nSPS) is 13.7. The zero-order valence-electron chi connectivity index (χ0n) is 8.13. The average Bonchev–Trinajstić information content (AvgIpc) is 2.15. The van der Waals surface area contributed by atoms with Crippen LogP contribution in [-0.2, 0) is 9.84 Å². The van der Waals surface area contributed by atoms with Gasteiger partial charge >= 0.3 is 12.1 Å². The third kappa shape index (κ3) is 3.15. The molecule has 0 spiro atoms. The summed E-state index contributed by atoms with van der Waals surface area (Å²) in [6.07, 6.45) is -5.89. The summed E-state index contributed by atoms with van der Waals surface area (Å²) in [6, 6.07) is 6.45. The van der Waals surface area contributed by atoms with Crippen molar-refractivity contribution in [1.29, 1.82) is 0 Å². The number of halogens is 5. The Hall–Kier alpha value is -1.18. The zero-order valence-corrected chi connectivity index (χ0v) is 8.95. The van der Waals surface area contributed by atoms with E-state index in [2.05, 4.69) is 6.07 Å². The smallest absolute Gasteiger partial charge is 0.223 e. The maximum absolute atomic E-state index is 12.6. The lowest BCUT2D eigenvalue weighted by atomic mass is 10.4. The summed E-state index contributed by atoms with van der Waals surface area (Å²) >= 11 is 0. The van der Waals surface area contributed by atoms with E-state index in [4.69, 9.17) is 0 Å². The second kappa shape index (κ2) is 4.25. The number of rotatable bonds is 3. The Kier molecular flexibility index (Phi) is 3.47. The van der Waals surface area contributed by atoms with Gasteiger partial charge < -0.3 is 0 Å². The summed E-state index contributed by atoms with van der Waals surface area (Å²) < 4.78 is 83.4. The molecule has 2 nitrogen and oxygen atoms in total. The summed E-state index contributed by atoms with van der Waals surface area (Å²) in [7, 11) is -4.69. The molecule has 0 heterocycles. The van der Waals surface area contributed by atoms with E-state index in [1.54, 1.807) is 0 Å². The predicted octanol–water partition coefficient (Wildman–Crippen LogP) is 2.46. The molecule has 0 bridgehead atoms. The van der Waals surface area contributed by atoms with Gasteiger partial charge in [0.05, 0.1) is 4.90 Å². The fraction of sp³-hybridized carbons (Fsp3) is 0.333. The van der Waals surface area contributed by atoms with E-state index < -0.39 is 32.6 Å². The molecule has 0 saturated heterocycles. The van der Waals surface area contributed by atoms with E-state index in [-0.39, 0.29) is 0 Å². The molecule has 1 aromatic rings. The van der Waals surface area contributed by atoms with Crippen LogP contribution < -0.4 is 0 Å². The highest BCUT2D eigenvalue weighted by atomic mass is 32.2. The van der Waals surface area contributed by atoms with E-state index in [1.165, 1.54) is 0 Å². The molecule has 0 aliphatic heterocycles. The first-order valence-corrected chi connectivity index (χ1v) is 5.85. The van der Waals surface area contributed by atoms with Crippen molar-refractivity contribution in [2.75, 3.05) is 5.75 Å². The Bertz CT molecular complexity index is 478. The van der Waals surface area contributed by atoms with Gasteiger partial charge in [-0.3, -0.25) is 0 Å². The van der Waals surface area contributed by atoms with Crippen molar-refractivity contribution in [3.05, 3.63) is 30.3 Å². The molecule has 1 radical (unpaired) electrons. The summed E-state index contributed by atoms with van der Waals surface area (Å²) in [5.41, 5.74) is 0. The van der Waals surface area contributed by atoms with Gasteiger partial charge in [-0.1, -0.05) is 12.1 Å². The van der Waals surface area contributed by atoms with E-state index >= 15 is 0 Å². The minimum absolute atomic E-state index is 0.597. The molecule has 0 N–H and O–H groups in total. The predicted molar refractivity (Wildman–Crippen MR) is 48.3 cm³/mol. The van der Waals surface area contributed by atoms with Crippen LogP contribution in [0.25, 0.3) is 0 Å². The Morgan fingerprint density at radius 2 is 1.53 bits per heavy atom. The molecule has 0 unspecified atom stereocenters. The van der Waals surface area contributed by atoms with Gasteiger partial charge in [0.25, 0.3) is 0 Å². The average molecular weight is 273 g/mol. The van der Waals surface area contributed by atoms with E-state index in [0.717, 1.165) is 24.3 Å². The van der Waals surface area contributed by atoms with Crippen molar-refractivity contribution in [3.8, 4) is 0 Å². The molecule has 0 aliphatic rings. The van der Waals surface area contributed by atoms with E-state index in [9.17, 15) is 30.4 Å². The Labute approximate surface area is 94.0 Å². The molecule has 95 valence electrons. The van der Waals surface area contributed by atoms with Crippen LogP contribution in [0.1, 0.15) is 0 Å². The van der Waals surface area contributed by atoms with E-state index in [1.807, 2.05) is 0 Å². The minimum atomic E-state index is -5.89. The van der Waals surface area contributed by atoms with Crippen LogP contribution >= 0.6 is 0 Å². The Morgan fingerprint density at radius 1 is 1.06 bits per heavy atom. The highest BCUT2D eigenvalue weighted by molar-refractivity contribution is 7.91. The second-order valence-electron chi connectivity index (χ2n) is 3.20. The Balaban J connectivity index is 3.04. The topological polar surface area (TPSA) is 34.1 Å². The molecular weight excluding hydrogens is 267 g/mol. The molecule has 0 aliphatic carbocycles. The van der Waals surface area contributed by atoms with Crippen LogP contribution in [-0.4, -0.2) is 26.3 Å². The van der Waals surface area contributed by atoms with Gasteiger partial charge in [0.2, 0.25) is 0 Å². The van der Waals surface area contributed by atoms with Crippen molar-refractivity contribution in [2.24, 2.45) is 0 Å². The molecule has 17 heavy (non-hydrogen) atoms. The maximum Gasteiger partial charge on any atom is 0.454 e. The van der Waals surface area contributed by atoms with Crippen molar-refractivity contribution in [1.82, 2.24) is 0 Å². The van der Waals surface area contributed by atoms with Gasteiger partial charge in [0.1, 0.15) is 5.75 Å². The number of sulfone groups is 1. The first kappa shape index (κ1) is 13.9. The van der Waals surface area contributed by atoms with Crippen molar-refractivity contribution in [2.45, 2.75) is 17.0 Å². The summed E-state index contributed by atoms with van der Waals surface area (Å²) in [4.78, 5) is -0.597. The molecule has 1 rings (SSSR count). The summed E-state index contributed by atoms with van der Waals surface area (Å²) in [5.74, 6) is -7.57. The standard InChI is InChI=1S/C9H6F5O2S/c10-8(11,9(12,13)14)6-17(15,16)7-4-2-1-3-5-7/h2-5H,6H2. The van der Waals surface area contributed by atoms with Crippen molar-refractivity contribution >= 4 is 9.84 Å². The molecule has 0 fully saturated rings. The fourth-order valence-electron chi connectivity index (χ4n) is 0.983. The Morgan fingerprint density at radius 3 is 1.94 bits per heavy atom. The molecule has 0 aromatic heterocycles. The van der Waals surface area contributed by atoms with Gasteiger partial charge in [0, 0.05) is 0 Å². The number of alkyl halides is 5. The highest BCUT2D eigenvalue weighted by Crippen LogP contribution is 2.37. The van der Waals surface area contributed by atoms with Crippen LogP contribution in [0, 0.1) is 6.07 Å². The maximum atomic E-state index is 12.6. The van der Waals surface area contributed by atoms with Crippen molar-refractivity contribution in [3.63, 3.8) is 0 Å². The van der Waals surface area contributed by atoms with Gasteiger partial charge in [-0.2, -0.15) is 22.0 Å². The van der Waals surface area contributed by atoms with Crippen LogP contribution in [0.2, 0.25) is 0 Å². The zero-order chi connectivity index (χ0) is 13.3. The van der Waals surface area contributed by atoms with Gasteiger partial charge in [-0.25, -0.2) is 8.42 Å². The number of hydrogen-bond acceptors (Lipinski definition) is 2.